The van der Waals surface area contributed by atoms with Gasteiger partial charge < -0.3 is 14.4 Å². The molecule has 0 radical (unpaired) electrons. The molecule has 2 aliphatic rings. The Bertz CT molecular complexity index is 1320. The van der Waals surface area contributed by atoms with E-state index < -0.39 is 23.6 Å². The molecule has 0 spiro atoms. The van der Waals surface area contributed by atoms with Crippen molar-refractivity contribution in [2.45, 2.75) is 25.8 Å². The van der Waals surface area contributed by atoms with Crippen molar-refractivity contribution in [3.05, 3.63) is 65.6 Å². The molecular formula is C23H18F2N4O2. The molecule has 0 bridgehead atoms. The van der Waals surface area contributed by atoms with Gasteiger partial charge in [0.2, 0.25) is 5.91 Å². The highest BCUT2D eigenvalue weighted by atomic mass is 19.1. The number of fused-ring (bicyclic) bond motifs is 1. The molecule has 3 heterocycles. The zero-order chi connectivity index (χ0) is 21.3. The minimum Gasteiger partial charge on any atom is -0.356 e. The second-order valence-electron chi connectivity index (χ2n) is 8.31. The number of nitrogens with zero attached hydrogens (tertiary/aromatic N) is 3. The van der Waals surface area contributed by atoms with E-state index >= 15 is 8.78 Å². The number of nitrogens with one attached hydrogen (secondary N) is 1. The smallest absolute Gasteiger partial charge is 0.233 e. The molecule has 1 amide bonds. The van der Waals surface area contributed by atoms with Gasteiger partial charge in [-0.1, -0.05) is 5.16 Å². The first-order valence-electron chi connectivity index (χ1n) is 10.2. The summed E-state index contributed by atoms with van der Waals surface area (Å²) in [5.41, 5.74) is 2.93. The second kappa shape index (κ2) is 6.47. The molecule has 1 N–H and O–H groups in total. The van der Waals surface area contributed by atoms with Gasteiger partial charge in [0.15, 0.2) is 5.76 Å². The first kappa shape index (κ1) is 18.2. The van der Waals surface area contributed by atoms with Crippen molar-refractivity contribution in [1.82, 2.24) is 15.1 Å². The summed E-state index contributed by atoms with van der Waals surface area (Å²) >= 11 is 0. The number of anilines is 1. The lowest BCUT2D eigenvalue weighted by atomic mass is 9.78. The summed E-state index contributed by atoms with van der Waals surface area (Å²) in [6, 6.07) is 8.78. The first-order chi connectivity index (χ1) is 15.0. The number of carbonyl (C=O) groups is 1. The van der Waals surface area contributed by atoms with Gasteiger partial charge in [0.1, 0.15) is 11.6 Å². The van der Waals surface area contributed by atoms with Crippen molar-refractivity contribution in [1.29, 1.82) is 0 Å². The van der Waals surface area contributed by atoms with Crippen LogP contribution in [-0.4, -0.2) is 21.0 Å². The van der Waals surface area contributed by atoms with Crippen molar-refractivity contribution in [2.75, 3.05) is 4.90 Å². The van der Waals surface area contributed by atoms with E-state index in [0.29, 0.717) is 17.1 Å². The predicted molar refractivity (Wildman–Crippen MR) is 109 cm³/mol. The molecule has 1 saturated carbocycles. The van der Waals surface area contributed by atoms with Gasteiger partial charge in [-0.25, -0.2) is 13.8 Å². The van der Waals surface area contributed by atoms with Crippen molar-refractivity contribution in [3.8, 4) is 11.3 Å². The molecule has 8 heteroatoms. The Morgan fingerprint density at radius 3 is 2.58 bits per heavy atom. The van der Waals surface area contributed by atoms with Gasteiger partial charge in [0, 0.05) is 22.9 Å². The number of H-pyrrole nitrogens is 1. The topological polar surface area (TPSA) is 75.0 Å². The second-order valence-corrected chi connectivity index (χ2v) is 8.31. The average molecular weight is 420 g/mol. The molecule has 1 aliphatic carbocycles. The Hall–Kier alpha value is -3.55. The molecule has 4 aromatic rings. The standard InChI is InChI=1S/C23H18F2N4O2/c1-11-6-19(31-28-11)13-7-15(24)21(16(25)8-13)22-20(12-2-3-12)23(30)29(22)14-4-5-17-18(9-14)27-10-26-17/h4-10,12,20,22H,2-3H2,1H3,(H,26,27)/t20-,22-/m1/s1. The number of hydrogen-bond acceptors (Lipinski definition) is 4. The highest BCUT2D eigenvalue weighted by molar-refractivity contribution is 6.04. The third-order valence-corrected chi connectivity index (χ3v) is 6.24. The van der Waals surface area contributed by atoms with Crippen molar-refractivity contribution >= 4 is 22.6 Å². The van der Waals surface area contributed by atoms with Crippen LogP contribution in [0.3, 0.4) is 0 Å². The van der Waals surface area contributed by atoms with E-state index in [1.807, 2.05) is 0 Å². The lowest BCUT2D eigenvalue weighted by Crippen LogP contribution is -2.56. The number of aryl methyl sites for hydroxylation is 1. The Kier molecular flexibility index (Phi) is 3.81. The molecule has 0 unspecified atom stereocenters. The maximum absolute atomic E-state index is 15.3. The molecular weight excluding hydrogens is 402 g/mol. The number of halogens is 2. The number of aromatic nitrogens is 3. The zero-order valence-electron chi connectivity index (χ0n) is 16.6. The number of rotatable bonds is 4. The summed E-state index contributed by atoms with van der Waals surface area (Å²) in [7, 11) is 0. The molecule has 156 valence electrons. The Balaban J connectivity index is 1.44. The van der Waals surface area contributed by atoms with Crippen molar-refractivity contribution in [3.63, 3.8) is 0 Å². The van der Waals surface area contributed by atoms with Gasteiger partial charge in [0.25, 0.3) is 0 Å². The Morgan fingerprint density at radius 2 is 1.90 bits per heavy atom. The van der Waals surface area contributed by atoms with Crippen LogP contribution in [0.25, 0.3) is 22.4 Å². The summed E-state index contributed by atoms with van der Waals surface area (Å²) in [6.07, 6.45) is 3.37. The number of benzene rings is 2. The summed E-state index contributed by atoms with van der Waals surface area (Å²) in [4.78, 5) is 21.8. The fourth-order valence-electron chi connectivity index (χ4n) is 4.60. The molecule has 6 rings (SSSR count). The van der Waals surface area contributed by atoms with Crippen LogP contribution < -0.4 is 4.90 Å². The van der Waals surface area contributed by atoms with E-state index in [1.165, 1.54) is 17.0 Å². The van der Waals surface area contributed by atoms with Crippen molar-refractivity contribution < 1.29 is 18.1 Å². The summed E-state index contributed by atoms with van der Waals surface area (Å²) in [5.74, 6) is -1.44. The van der Waals surface area contributed by atoms with Crippen LogP contribution in [0.4, 0.5) is 14.5 Å². The van der Waals surface area contributed by atoms with Crippen LogP contribution in [0.15, 0.2) is 47.2 Å². The van der Waals surface area contributed by atoms with E-state index in [-0.39, 0.29) is 23.0 Å². The van der Waals surface area contributed by atoms with Gasteiger partial charge in [0.05, 0.1) is 35.0 Å². The number of amides is 1. The Labute approximate surface area is 175 Å². The Morgan fingerprint density at radius 1 is 1.13 bits per heavy atom. The van der Waals surface area contributed by atoms with Crippen LogP contribution in [0.1, 0.15) is 30.1 Å². The monoisotopic (exact) mass is 420 g/mol. The quantitative estimate of drug-likeness (QED) is 0.476. The highest BCUT2D eigenvalue weighted by Crippen LogP contribution is 2.55. The SMILES string of the molecule is Cc1cc(-c2cc(F)c([C@H]3[C@@H](C4CC4)C(=O)N3c3ccc4nc[nH]c4c3)c(F)c2)on1. The predicted octanol–water partition coefficient (Wildman–Crippen LogP) is 4.92. The minimum atomic E-state index is -0.695. The van der Waals surface area contributed by atoms with Gasteiger partial charge >= 0.3 is 0 Å². The fraction of sp³-hybridized carbons (Fsp3) is 0.261. The van der Waals surface area contributed by atoms with Crippen LogP contribution in [0.2, 0.25) is 0 Å². The molecule has 1 saturated heterocycles. The van der Waals surface area contributed by atoms with E-state index in [4.69, 9.17) is 4.52 Å². The van der Waals surface area contributed by atoms with Gasteiger partial charge in [-0.05, 0) is 56.0 Å². The number of hydrogen-bond donors (Lipinski definition) is 1. The number of imidazole rings is 1. The van der Waals surface area contributed by atoms with Crippen molar-refractivity contribution in [2.24, 2.45) is 11.8 Å². The lowest BCUT2D eigenvalue weighted by Gasteiger charge is -2.48. The third-order valence-electron chi connectivity index (χ3n) is 6.24. The molecule has 2 aromatic heterocycles. The van der Waals surface area contributed by atoms with Gasteiger partial charge in [-0.2, -0.15) is 0 Å². The number of aromatic amines is 1. The maximum atomic E-state index is 15.3. The van der Waals surface area contributed by atoms with Gasteiger partial charge in [-0.15, -0.1) is 0 Å². The largest absolute Gasteiger partial charge is 0.356 e. The highest BCUT2D eigenvalue weighted by Gasteiger charge is 2.56. The maximum Gasteiger partial charge on any atom is 0.233 e. The van der Waals surface area contributed by atoms with Crippen LogP contribution in [-0.2, 0) is 4.79 Å². The van der Waals surface area contributed by atoms with Crippen LogP contribution >= 0.6 is 0 Å². The lowest BCUT2D eigenvalue weighted by molar-refractivity contribution is -0.131. The number of β-lactam (4-membered cyclic amide) rings is 1. The van der Waals surface area contributed by atoms with Crippen LogP contribution in [0, 0.1) is 30.4 Å². The van der Waals surface area contributed by atoms with Crippen LogP contribution in [0.5, 0.6) is 0 Å². The average Bonchev–Trinajstić information content (AvgIpc) is 3.26. The fourth-order valence-corrected chi connectivity index (χ4v) is 4.60. The van der Waals surface area contributed by atoms with Gasteiger partial charge in [-0.3, -0.25) is 4.79 Å². The minimum absolute atomic E-state index is 0.0822. The number of carbonyl (C=O) groups excluding carboxylic acids is 1. The molecule has 31 heavy (non-hydrogen) atoms. The summed E-state index contributed by atoms with van der Waals surface area (Å²) < 4.78 is 35.7. The molecule has 2 atom stereocenters. The van der Waals surface area contributed by atoms with E-state index in [0.717, 1.165) is 23.9 Å². The summed E-state index contributed by atoms with van der Waals surface area (Å²) in [6.45, 7) is 1.74. The van der Waals surface area contributed by atoms with E-state index in [2.05, 4.69) is 15.1 Å². The molecule has 2 aromatic carbocycles. The molecule has 2 fully saturated rings. The molecule has 1 aliphatic heterocycles. The van der Waals surface area contributed by atoms with E-state index in [9.17, 15) is 4.79 Å². The third kappa shape index (κ3) is 2.78. The zero-order valence-corrected chi connectivity index (χ0v) is 16.6. The summed E-state index contributed by atoms with van der Waals surface area (Å²) in [5, 5.41) is 3.78. The first-order valence-corrected chi connectivity index (χ1v) is 10.2. The normalized spacial score (nSPS) is 21.0. The van der Waals surface area contributed by atoms with E-state index in [1.54, 1.807) is 37.5 Å². The molecule has 6 nitrogen and oxygen atoms in total.